The molecule has 0 heterocycles. The normalized spacial score (nSPS) is 0.444. The van der Waals surface area contributed by atoms with Gasteiger partial charge in [0, 0.05) is 156 Å². The first-order chi connectivity index (χ1) is 1.00. The van der Waals surface area contributed by atoms with Crippen LogP contribution in [0.5, 0.6) is 0 Å². The van der Waals surface area contributed by atoms with Gasteiger partial charge in [-0.3, -0.25) is 0 Å². The monoisotopic (exact) mass is 938 g/mol. The first-order valence-electron chi connectivity index (χ1n) is 0.204. The summed E-state index contributed by atoms with van der Waals surface area (Å²) in [6, 6.07) is 0. The molecule has 0 aliphatic carbocycles. The third-order valence-electron chi connectivity index (χ3n) is 0. The van der Waals surface area contributed by atoms with Crippen molar-refractivity contribution in [3.05, 3.63) is 0 Å². The van der Waals surface area contributed by atoms with E-state index in [-0.39, 0.29) is 156 Å². The summed E-state index contributed by atoms with van der Waals surface area (Å²) in [4.78, 5) is 0. The zero-order chi connectivity index (χ0) is 2.00. The molecule has 0 saturated heterocycles. The van der Waals surface area contributed by atoms with E-state index >= 15 is 0 Å². The second-order valence-electron chi connectivity index (χ2n) is 0. The van der Waals surface area contributed by atoms with Crippen LogP contribution in [0.15, 0.2) is 0 Å². The Bertz CT molecular complexity index is 28.5. The van der Waals surface area contributed by atoms with Gasteiger partial charge in [0.25, 0.3) is 0 Å². The van der Waals surface area contributed by atoms with Gasteiger partial charge >= 0.3 is 25.6 Å². The molecule has 0 atom stereocenters. The molecule has 0 rings (SSSR count). The Morgan fingerprint density at radius 3 is 1.11 bits per heavy atom. The average Bonchev–Trinajstić information content (AvgIpc) is 1.00. The van der Waals surface area contributed by atoms with Crippen molar-refractivity contribution in [2.24, 2.45) is 0 Å². The topological polar surface area (TPSA) is 17.1 Å². The Labute approximate surface area is 177 Å². The van der Waals surface area contributed by atoms with Gasteiger partial charge in [-0.15, -0.1) is 0 Å². The molecule has 0 aromatic heterocycles. The van der Waals surface area contributed by atoms with Gasteiger partial charge in [-0.1, -0.05) is 0 Å². The molecule has 0 spiro atoms. The Morgan fingerprint density at radius 2 is 1.11 bits per heavy atom. The molecule has 0 aromatic carbocycles. The van der Waals surface area contributed by atoms with Crippen molar-refractivity contribution >= 4 is 123 Å². The minimum absolute atomic E-state index is 0. The van der Waals surface area contributed by atoms with E-state index in [1.54, 1.807) is 0 Å². The fourth-order valence-corrected chi connectivity index (χ4v) is 0. The third-order valence-corrected chi connectivity index (χ3v) is 0. The van der Waals surface area contributed by atoms with Crippen LogP contribution in [-0.2, 0) is 59.0 Å². The minimum atomic E-state index is 0. The Hall–Kier alpha value is 5.71. The van der Waals surface area contributed by atoms with Gasteiger partial charge in [0.1, 0.15) is 0 Å². The third kappa shape index (κ3) is 57.6. The van der Waals surface area contributed by atoms with Gasteiger partial charge in [-0.05, 0) is 0 Å². The summed E-state index contributed by atoms with van der Waals surface area (Å²) in [5.41, 5.74) is 0. The van der Waals surface area contributed by atoms with Gasteiger partial charge < -0.3 is 0 Å². The van der Waals surface area contributed by atoms with E-state index in [4.69, 9.17) is 3.08 Å². The van der Waals surface area contributed by atoms with E-state index in [1.807, 2.05) is 0 Å². The molecule has 0 saturated carbocycles. The maximum atomic E-state index is 8.34. The molecule has 61 valence electrons. The fourth-order valence-electron chi connectivity index (χ4n) is 0. The van der Waals surface area contributed by atoms with Gasteiger partial charge in [-0.2, -0.15) is 0 Å². The van der Waals surface area contributed by atoms with Crippen molar-refractivity contribution in [1.82, 2.24) is 0 Å². The van der Waals surface area contributed by atoms with E-state index in [1.165, 1.54) is 0 Å². The SMILES string of the molecule is [Ag].[Bi].[Cu].[In].[Ni].[O]=[Sn].[Sb].[Te]. The molecule has 0 unspecified atom stereocenters. The summed E-state index contributed by atoms with van der Waals surface area (Å²) in [6.07, 6.45) is 0. The first-order valence-corrected chi connectivity index (χ1v) is 1.37. The molecular weight excluding hydrogens is 938 g/mol. The second-order valence-corrected chi connectivity index (χ2v) is 0. The van der Waals surface area contributed by atoms with Crippen molar-refractivity contribution in [2.45, 2.75) is 0 Å². The van der Waals surface area contributed by atoms with Gasteiger partial charge in [-0.25, -0.2) is 0 Å². The minimum Gasteiger partial charge on any atom is 0 e. The molecule has 0 aromatic rings. The molecule has 9 heteroatoms. The van der Waals surface area contributed by atoms with Crippen LogP contribution in [0.4, 0.5) is 0 Å². The van der Waals surface area contributed by atoms with Crippen molar-refractivity contribution < 1.29 is 59.0 Å². The van der Waals surface area contributed by atoms with E-state index in [2.05, 4.69) is 0 Å². The van der Waals surface area contributed by atoms with Gasteiger partial charge in [0.05, 0.1) is 0 Å². The standard InChI is InChI=1S/Ag.Bi.Cu.In.Ni.O.Sb.Sn.Te. The summed E-state index contributed by atoms with van der Waals surface area (Å²) in [5.74, 6) is 0. The smallest absolute Gasteiger partial charge is 0 e. The zero-order valence-electron chi connectivity index (χ0n) is 3.71. The number of hydrogen-bond donors (Lipinski definition) is 0. The molecule has 0 N–H and O–H groups in total. The maximum Gasteiger partial charge on any atom is 0 e. The molecule has 0 bridgehead atoms. The zero-order valence-corrected chi connectivity index (χ0v) is 21.6. The van der Waals surface area contributed by atoms with Crippen LogP contribution in [0, 0.1) is 0 Å². The Kier molecular flexibility index (Phi) is 463. The predicted molar refractivity (Wildman–Crippen MR) is 29.5 cm³/mol. The molecule has 9 heavy (non-hydrogen) atoms. The van der Waals surface area contributed by atoms with Crippen LogP contribution in [0.3, 0.4) is 0 Å². The van der Waals surface area contributed by atoms with E-state index < -0.39 is 0 Å². The van der Waals surface area contributed by atoms with Gasteiger partial charge in [0.2, 0.25) is 0 Å². The van der Waals surface area contributed by atoms with Crippen LogP contribution in [0.25, 0.3) is 0 Å². The van der Waals surface area contributed by atoms with E-state index in [0.29, 0.717) is 22.5 Å². The van der Waals surface area contributed by atoms with Crippen LogP contribution in [0.2, 0.25) is 0 Å². The van der Waals surface area contributed by atoms with Crippen LogP contribution >= 0.6 is 0 Å². The number of rotatable bonds is 0. The summed E-state index contributed by atoms with van der Waals surface area (Å²) in [7, 11) is 0. The molecule has 15 radical (unpaired) electrons. The summed E-state index contributed by atoms with van der Waals surface area (Å²) in [5, 5.41) is 0. The molecule has 0 aliphatic rings. The predicted octanol–water partition coefficient (Wildman–Crippen LogP) is -2.03. The largest absolute Gasteiger partial charge is 0 e. The van der Waals surface area contributed by atoms with Crippen molar-refractivity contribution in [3.63, 3.8) is 0 Å². The van der Waals surface area contributed by atoms with Crippen molar-refractivity contribution in [3.8, 4) is 0 Å². The van der Waals surface area contributed by atoms with Crippen LogP contribution in [-0.4, -0.2) is 123 Å². The molecule has 0 aliphatic heterocycles. The fraction of sp³-hybridized carbons (Fsp3) is 0. The van der Waals surface area contributed by atoms with Crippen molar-refractivity contribution in [2.75, 3.05) is 0 Å². The summed E-state index contributed by atoms with van der Waals surface area (Å²) < 4.78 is 8.34. The average molecular weight is 938 g/mol. The summed E-state index contributed by atoms with van der Waals surface area (Å²) >= 11 is 0.300. The summed E-state index contributed by atoms with van der Waals surface area (Å²) in [6.45, 7) is 0. The second kappa shape index (κ2) is 67.9. The molecular formula is AgBiCuInNiOSbSnTe. The van der Waals surface area contributed by atoms with Crippen LogP contribution < -0.4 is 0 Å². The Balaban J connectivity index is -0.000000000238. The van der Waals surface area contributed by atoms with Gasteiger partial charge in [0.15, 0.2) is 0 Å². The molecule has 0 amide bonds. The first kappa shape index (κ1) is 61.4. The van der Waals surface area contributed by atoms with Crippen molar-refractivity contribution in [1.29, 1.82) is 0 Å². The van der Waals surface area contributed by atoms with E-state index in [0.717, 1.165) is 0 Å². The Morgan fingerprint density at radius 1 is 1.11 bits per heavy atom. The van der Waals surface area contributed by atoms with E-state index in [9.17, 15) is 0 Å². The molecule has 0 fully saturated rings. The maximum absolute atomic E-state index is 8.34. The molecule has 1 nitrogen and oxygen atoms in total. The number of hydrogen-bond acceptors (Lipinski definition) is 1. The van der Waals surface area contributed by atoms with Crippen LogP contribution in [0.1, 0.15) is 0 Å². The quantitative estimate of drug-likeness (QED) is 0.257.